The lowest BCUT2D eigenvalue weighted by atomic mass is 10.1. The normalized spacial score (nSPS) is 17.1. The molecule has 1 saturated carbocycles. The molecule has 2 atom stereocenters. The summed E-state index contributed by atoms with van der Waals surface area (Å²) in [6.45, 7) is 6.42. The Labute approximate surface area is 125 Å². The van der Waals surface area contributed by atoms with Gasteiger partial charge in [0, 0.05) is 17.6 Å². The molecule has 0 aromatic heterocycles. The molecule has 2 N–H and O–H groups in total. The van der Waals surface area contributed by atoms with E-state index in [2.05, 4.69) is 10.6 Å². The quantitative estimate of drug-likeness (QED) is 0.812. The van der Waals surface area contributed by atoms with Crippen LogP contribution in [0.15, 0.2) is 18.2 Å². The molecule has 0 saturated heterocycles. The number of hydrogen-bond acceptors (Lipinski definition) is 3. The van der Waals surface area contributed by atoms with Crippen molar-refractivity contribution in [2.24, 2.45) is 0 Å². The molecule has 0 spiro atoms. The Morgan fingerprint density at radius 2 is 2.14 bits per heavy atom. The van der Waals surface area contributed by atoms with Gasteiger partial charge in [0.05, 0.1) is 0 Å². The van der Waals surface area contributed by atoms with E-state index in [1.807, 2.05) is 13.8 Å². The molecule has 1 aromatic rings. The van der Waals surface area contributed by atoms with Crippen LogP contribution >= 0.6 is 0 Å². The van der Waals surface area contributed by atoms with Gasteiger partial charge >= 0.3 is 0 Å². The first-order valence-electron chi connectivity index (χ1n) is 7.51. The van der Waals surface area contributed by atoms with Crippen molar-refractivity contribution in [3.63, 3.8) is 0 Å². The van der Waals surface area contributed by atoms with Gasteiger partial charge in [0.25, 0.3) is 5.91 Å². The van der Waals surface area contributed by atoms with Crippen LogP contribution in [-0.4, -0.2) is 24.6 Å². The molecule has 0 aliphatic heterocycles. The fourth-order valence-corrected chi connectivity index (χ4v) is 2.17. The summed E-state index contributed by atoms with van der Waals surface area (Å²) in [5.74, 6) is 0.115. The number of carbonyl (C=O) groups excluding carboxylic acids is 1. The summed E-state index contributed by atoms with van der Waals surface area (Å²) in [4.78, 5) is 11.9. The molecular formula is C16H23FN2O2. The zero-order valence-corrected chi connectivity index (χ0v) is 12.8. The zero-order valence-electron chi connectivity index (χ0n) is 12.8. The van der Waals surface area contributed by atoms with Crippen molar-refractivity contribution in [3.8, 4) is 5.75 Å². The van der Waals surface area contributed by atoms with Gasteiger partial charge in [0.2, 0.25) is 0 Å². The molecule has 1 aliphatic rings. The van der Waals surface area contributed by atoms with Gasteiger partial charge in [-0.05, 0) is 51.4 Å². The first-order chi connectivity index (χ1) is 10.0. The second kappa shape index (κ2) is 6.89. The van der Waals surface area contributed by atoms with Crippen molar-refractivity contribution in [2.75, 3.05) is 6.54 Å². The molecule has 0 radical (unpaired) electrons. The maximum Gasteiger partial charge on any atom is 0.260 e. The highest BCUT2D eigenvalue weighted by Crippen LogP contribution is 2.27. The van der Waals surface area contributed by atoms with Gasteiger partial charge in [0.1, 0.15) is 11.6 Å². The molecule has 2 unspecified atom stereocenters. The molecule has 116 valence electrons. The Hall–Kier alpha value is -1.62. The van der Waals surface area contributed by atoms with Crippen LogP contribution in [0.1, 0.15) is 45.2 Å². The average Bonchev–Trinajstić information content (AvgIpc) is 3.24. The van der Waals surface area contributed by atoms with Crippen LogP contribution in [0, 0.1) is 5.82 Å². The van der Waals surface area contributed by atoms with E-state index in [1.165, 1.54) is 12.1 Å². The van der Waals surface area contributed by atoms with Gasteiger partial charge in [-0.3, -0.25) is 4.79 Å². The molecule has 1 aliphatic carbocycles. The first kappa shape index (κ1) is 15.8. The summed E-state index contributed by atoms with van der Waals surface area (Å²) in [7, 11) is 0. The molecule has 1 amide bonds. The molecular weight excluding hydrogens is 271 g/mol. The van der Waals surface area contributed by atoms with E-state index >= 15 is 0 Å². The van der Waals surface area contributed by atoms with Gasteiger partial charge in [-0.25, -0.2) is 4.39 Å². The first-order valence-corrected chi connectivity index (χ1v) is 7.51. The van der Waals surface area contributed by atoms with Crippen LogP contribution in [0.25, 0.3) is 0 Å². The SMILES string of the molecule is CCNC(C)c1cc(F)ccc1OC(C)C(=O)NC1CC1. The van der Waals surface area contributed by atoms with Crippen LogP contribution in [0.3, 0.4) is 0 Å². The fraction of sp³-hybridized carbons (Fsp3) is 0.562. The number of ether oxygens (including phenoxy) is 1. The summed E-state index contributed by atoms with van der Waals surface area (Å²) in [5, 5.41) is 6.13. The molecule has 5 heteroatoms. The smallest absolute Gasteiger partial charge is 0.260 e. The standard InChI is InChI=1S/C16H23FN2O2/c1-4-18-10(2)14-9-12(17)5-8-15(14)21-11(3)16(20)19-13-6-7-13/h5,8-11,13,18H,4,6-7H2,1-3H3,(H,19,20). The van der Waals surface area contributed by atoms with Crippen molar-refractivity contribution >= 4 is 5.91 Å². The summed E-state index contributed by atoms with van der Waals surface area (Å²) >= 11 is 0. The highest BCUT2D eigenvalue weighted by atomic mass is 19.1. The van der Waals surface area contributed by atoms with E-state index in [-0.39, 0.29) is 17.8 Å². The van der Waals surface area contributed by atoms with E-state index in [0.29, 0.717) is 11.8 Å². The van der Waals surface area contributed by atoms with Crippen molar-refractivity contribution in [2.45, 2.75) is 51.8 Å². The number of carbonyl (C=O) groups is 1. The fourth-order valence-electron chi connectivity index (χ4n) is 2.17. The average molecular weight is 294 g/mol. The van der Waals surface area contributed by atoms with E-state index in [9.17, 15) is 9.18 Å². The van der Waals surface area contributed by atoms with Crippen molar-refractivity contribution in [1.29, 1.82) is 0 Å². The number of hydrogen-bond donors (Lipinski definition) is 2. The monoisotopic (exact) mass is 294 g/mol. The third-order valence-electron chi connectivity index (χ3n) is 3.55. The third kappa shape index (κ3) is 4.43. The van der Waals surface area contributed by atoms with Crippen LogP contribution < -0.4 is 15.4 Å². The topological polar surface area (TPSA) is 50.4 Å². The number of benzene rings is 1. The minimum atomic E-state index is -0.594. The summed E-state index contributed by atoms with van der Waals surface area (Å²) in [6.07, 6.45) is 1.48. The second-order valence-electron chi connectivity index (χ2n) is 5.50. The van der Waals surface area contributed by atoms with E-state index in [1.54, 1.807) is 13.0 Å². The lowest BCUT2D eigenvalue weighted by molar-refractivity contribution is -0.127. The Kier molecular flexibility index (Phi) is 5.17. The van der Waals surface area contributed by atoms with Crippen LogP contribution in [0.5, 0.6) is 5.75 Å². The Morgan fingerprint density at radius 1 is 1.43 bits per heavy atom. The van der Waals surface area contributed by atoms with Crippen molar-refractivity contribution in [3.05, 3.63) is 29.6 Å². The number of halogens is 1. The molecule has 0 bridgehead atoms. The molecule has 0 heterocycles. The molecule has 21 heavy (non-hydrogen) atoms. The van der Waals surface area contributed by atoms with Gasteiger partial charge in [-0.2, -0.15) is 0 Å². The Morgan fingerprint density at radius 3 is 2.76 bits per heavy atom. The van der Waals surface area contributed by atoms with E-state index in [0.717, 1.165) is 24.9 Å². The number of rotatable bonds is 7. The highest BCUT2D eigenvalue weighted by molar-refractivity contribution is 5.81. The van der Waals surface area contributed by atoms with Crippen molar-refractivity contribution < 1.29 is 13.9 Å². The van der Waals surface area contributed by atoms with E-state index in [4.69, 9.17) is 4.74 Å². The van der Waals surface area contributed by atoms with Gasteiger partial charge in [-0.15, -0.1) is 0 Å². The van der Waals surface area contributed by atoms with Gasteiger partial charge < -0.3 is 15.4 Å². The van der Waals surface area contributed by atoms with Crippen LogP contribution in [0.2, 0.25) is 0 Å². The third-order valence-corrected chi connectivity index (χ3v) is 3.55. The highest BCUT2D eigenvalue weighted by Gasteiger charge is 2.27. The molecule has 1 fully saturated rings. The minimum absolute atomic E-state index is 0.0422. The maximum atomic E-state index is 13.5. The van der Waals surface area contributed by atoms with Crippen LogP contribution in [-0.2, 0) is 4.79 Å². The lowest BCUT2D eigenvalue weighted by Crippen LogP contribution is -2.37. The Bertz CT molecular complexity index is 503. The number of amides is 1. The predicted octanol–water partition coefficient (Wildman–Crippen LogP) is 2.54. The minimum Gasteiger partial charge on any atom is -0.481 e. The van der Waals surface area contributed by atoms with Crippen LogP contribution in [0.4, 0.5) is 4.39 Å². The summed E-state index contributed by atoms with van der Waals surface area (Å²) in [6, 6.07) is 4.65. The molecule has 1 aromatic carbocycles. The van der Waals surface area contributed by atoms with Gasteiger partial charge in [0.15, 0.2) is 6.10 Å². The van der Waals surface area contributed by atoms with Crippen molar-refractivity contribution in [1.82, 2.24) is 10.6 Å². The summed E-state index contributed by atoms with van der Waals surface area (Å²) in [5.41, 5.74) is 0.725. The largest absolute Gasteiger partial charge is 0.481 e. The summed E-state index contributed by atoms with van der Waals surface area (Å²) < 4.78 is 19.2. The molecule has 4 nitrogen and oxygen atoms in total. The molecule has 2 rings (SSSR count). The lowest BCUT2D eigenvalue weighted by Gasteiger charge is -2.20. The Balaban J connectivity index is 2.08. The number of nitrogens with one attached hydrogen (secondary N) is 2. The zero-order chi connectivity index (χ0) is 15.4. The maximum absolute atomic E-state index is 13.5. The van der Waals surface area contributed by atoms with E-state index < -0.39 is 6.10 Å². The second-order valence-corrected chi connectivity index (χ2v) is 5.50. The van der Waals surface area contributed by atoms with Gasteiger partial charge in [-0.1, -0.05) is 6.92 Å². The predicted molar refractivity (Wildman–Crippen MR) is 79.7 cm³/mol.